The van der Waals surface area contributed by atoms with Gasteiger partial charge in [0.2, 0.25) is 5.91 Å². The molecule has 0 atom stereocenters. The van der Waals surface area contributed by atoms with Gasteiger partial charge >= 0.3 is 0 Å². The lowest BCUT2D eigenvalue weighted by molar-refractivity contribution is -0.384. The normalized spacial score (nSPS) is 13.7. The molecular weight excluding hydrogens is 396 g/mol. The first kappa shape index (κ1) is 20.6. The van der Waals surface area contributed by atoms with Crippen LogP contribution in [0.3, 0.4) is 0 Å². The number of carbonyl (C=O) groups excluding carboxylic acids is 2. The number of non-ortho nitro benzene ring substituents is 1. The molecule has 2 aromatic carbocycles. The molecular formula is C20H21ClN4O4. The van der Waals surface area contributed by atoms with Gasteiger partial charge in [0, 0.05) is 37.8 Å². The summed E-state index contributed by atoms with van der Waals surface area (Å²) in [7, 11) is 0. The standard InChI is InChI=1S/C20H21ClN4O4/c1-13(26)22-14-5-7-18(17(21)11-14)23-20(27)16-12-15(25(28)29)6-8-19(16)24-9-3-2-4-10-24/h5-8,11-12H,2-4,9-10H2,1H3,(H,22,26)(H,23,27). The topological polar surface area (TPSA) is 105 Å². The molecule has 0 spiro atoms. The van der Waals surface area contributed by atoms with Crippen molar-refractivity contribution in [3.05, 3.63) is 57.1 Å². The van der Waals surface area contributed by atoms with Crippen LogP contribution in [0.2, 0.25) is 5.02 Å². The van der Waals surface area contributed by atoms with Crippen LogP contribution in [0.4, 0.5) is 22.7 Å². The van der Waals surface area contributed by atoms with Gasteiger partial charge in [-0.15, -0.1) is 0 Å². The lowest BCUT2D eigenvalue weighted by Gasteiger charge is -2.30. The zero-order chi connectivity index (χ0) is 21.0. The summed E-state index contributed by atoms with van der Waals surface area (Å²) in [6, 6.07) is 9.04. The Hall–Kier alpha value is -3.13. The lowest BCUT2D eigenvalue weighted by Crippen LogP contribution is -2.31. The van der Waals surface area contributed by atoms with E-state index in [0.717, 1.165) is 32.4 Å². The average Bonchev–Trinajstić information content (AvgIpc) is 2.69. The Bertz CT molecular complexity index is 957. The van der Waals surface area contributed by atoms with Crippen LogP contribution in [0.25, 0.3) is 0 Å². The number of hydrogen-bond acceptors (Lipinski definition) is 5. The number of amides is 2. The molecule has 1 aliphatic rings. The largest absolute Gasteiger partial charge is 0.371 e. The minimum Gasteiger partial charge on any atom is -0.371 e. The predicted octanol–water partition coefficient (Wildman–Crippen LogP) is 4.45. The average molecular weight is 417 g/mol. The highest BCUT2D eigenvalue weighted by atomic mass is 35.5. The number of nitro groups is 1. The van der Waals surface area contributed by atoms with Gasteiger partial charge in [-0.2, -0.15) is 0 Å². The summed E-state index contributed by atoms with van der Waals surface area (Å²) in [5.74, 6) is -0.718. The number of halogens is 1. The zero-order valence-corrected chi connectivity index (χ0v) is 16.7. The van der Waals surface area contributed by atoms with E-state index in [1.165, 1.54) is 25.1 Å². The molecule has 0 aliphatic carbocycles. The van der Waals surface area contributed by atoms with Gasteiger partial charge < -0.3 is 15.5 Å². The van der Waals surface area contributed by atoms with Gasteiger partial charge in [-0.1, -0.05) is 11.6 Å². The summed E-state index contributed by atoms with van der Waals surface area (Å²) in [6.45, 7) is 2.97. The SMILES string of the molecule is CC(=O)Nc1ccc(NC(=O)c2cc([N+](=O)[O-])ccc2N2CCCCC2)c(Cl)c1. The molecule has 3 rings (SSSR count). The predicted molar refractivity (Wildman–Crippen MR) is 113 cm³/mol. The second-order valence-electron chi connectivity index (χ2n) is 6.84. The van der Waals surface area contributed by atoms with Crippen LogP contribution in [0.1, 0.15) is 36.5 Å². The highest BCUT2D eigenvalue weighted by Gasteiger charge is 2.22. The van der Waals surface area contributed by atoms with Gasteiger partial charge in [0.15, 0.2) is 0 Å². The van der Waals surface area contributed by atoms with Crippen LogP contribution in [-0.2, 0) is 4.79 Å². The second kappa shape index (κ2) is 8.91. The number of nitrogens with one attached hydrogen (secondary N) is 2. The molecule has 2 aromatic rings. The van der Waals surface area contributed by atoms with Crippen LogP contribution in [0, 0.1) is 10.1 Å². The van der Waals surface area contributed by atoms with Gasteiger partial charge in [0.25, 0.3) is 11.6 Å². The smallest absolute Gasteiger partial charge is 0.270 e. The third kappa shape index (κ3) is 5.03. The summed E-state index contributed by atoms with van der Waals surface area (Å²) in [4.78, 5) is 36.9. The first-order chi connectivity index (χ1) is 13.8. The number of hydrogen-bond donors (Lipinski definition) is 2. The van der Waals surface area contributed by atoms with Gasteiger partial charge in [-0.05, 0) is 43.5 Å². The van der Waals surface area contributed by atoms with E-state index in [1.807, 2.05) is 0 Å². The summed E-state index contributed by atoms with van der Waals surface area (Å²) in [5, 5.41) is 16.8. The number of anilines is 3. The number of nitrogens with zero attached hydrogens (tertiary/aromatic N) is 2. The summed E-state index contributed by atoms with van der Waals surface area (Å²) in [5.41, 5.74) is 1.59. The molecule has 0 bridgehead atoms. The van der Waals surface area contributed by atoms with Crippen molar-refractivity contribution >= 4 is 46.2 Å². The summed E-state index contributed by atoms with van der Waals surface area (Å²) < 4.78 is 0. The van der Waals surface area contributed by atoms with Crippen molar-refractivity contribution < 1.29 is 14.5 Å². The maximum atomic E-state index is 13.0. The van der Waals surface area contributed by atoms with E-state index in [9.17, 15) is 19.7 Å². The lowest BCUT2D eigenvalue weighted by atomic mass is 10.1. The van der Waals surface area contributed by atoms with Crippen molar-refractivity contribution in [1.82, 2.24) is 0 Å². The van der Waals surface area contributed by atoms with Gasteiger partial charge in [-0.3, -0.25) is 19.7 Å². The molecule has 1 fully saturated rings. The highest BCUT2D eigenvalue weighted by molar-refractivity contribution is 6.34. The molecule has 2 amide bonds. The van der Waals surface area contributed by atoms with Gasteiger partial charge in [-0.25, -0.2) is 0 Å². The Morgan fingerprint density at radius 1 is 1.07 bits per heavy atom. The van der Waals surface area contributed by atoms with E-state index in [1.54, 1.807) is 18.2 Å². The fourth-order valence-electron chi connectivity index (χ4n) is 3.32. The van der Waals surface area contributed by atoms with Crippen LogP contribution < -0.4 is 15.5 Å². The highest BCUT2D eigenvalue weighted by Crippen LogP contribution is 2.31. The number of benzene rings is 2. The molecule has 0 unspecified atom stereocenters. The number of nitro benzene ring substituents is 1. The molecule has 1 saturated heterocycles. The van der Waals surface area contributed by atoms with Crippen molar-refractivity contribution in [3.8, 4) is 0 Å². The van der Waals surface area contributed by atoms with Crippen LogP contribution in [0.5, 0.6) is 0 Å². The molecule has 0 aromatic heterocycles. The van der Waals surface area contributed by atoms with Crippen LogP contribution in [0.15, 0.2) is 36.4 Å². The fourth-order valence-corrected chi connectivity index (χ4v) is 3.54. The van der Waals surface area contributed by atoms with E-state index in [2.05, 4.69) is 15.5 Å². The minimum atomic E-state index is -0.522. The van der Waals surface area contributed by atoms with E-state index in [0.29, 0.717) is 17.1 Å². The third-order valence-electron chi connectivity index (χ3n) is 4.67. The molecule has 152 valence electrons. The van der Waals surface area contributed by atoms with E-state index >= 15 is 0 Å². The van der Waals surface area contributed by atoms with Gasteiger partial charge in [0.1, 0.15) is 0 Å². The number of carbonyl (C=O) groups is 2. The van der Waals surface area contributed by atoms with E-state index in [-0.39, 0.29) is 22.2 Å². The van der Waals surface area contributed by atoms with Crippen molar-refractivity contribution in [1.29, 1.82) is 0 Å². The van der Waals surface area contributed by atoms with Crippen LogP contribution in [-0.4, -0.2) is 29.8 Å². The Morgan fingerprint density at radius 2 is 1.79 bits per heavy atom. The van der Waals surface area contributed by atoms with Crippen molar-refractivity contribution in [2.45, 2.75) is 26.2 Å². The maximum Gasteiger partial charge on any atom is 0.270 e. The molecule has 1 heterocycles. The first-order valence-electron chi connectivity index (χ1n) is 9.27. The quantitative estimate of drug-likeness (QED) is 0.553. The molecule has 8 nitrogen and oxygen atoms in total. The molecule has 0 radical (unpaired) electrons. The summed E-state index contributed by atoms with van der Waals surface area (Å²) in [6.07, 6.45) is 3.14. The molecule has 1 aliphatic heterocycles. The maximum absolute atomic E-state index is 13.0. The monoisotopic (exact) mass is 416 g/mol. The Kier molecular flexibility index (Phi) is 6.33. The van der Waals surface area contributed by atoms with Gasteiger partial charge in [0.05, 0.1) is 26.9 Å². The minimum absolute atomic E-state index is 0.150. The molecule has 2 N–H and O–H groups in total. The number of piperidine rings is 1. The van der Waals surface area contributed by atoms with Crippen molar-refractivity contribution in [3.63, 3.8) is 0 Å². The Labute approximate surface area is 173 Å². The molecule has 29 heavy (non-hydrogen) atoms. The first-order valence-corrected chi connectivity index (χ1v) is 9.65. The Balaban J connectivity index is 1.90. The van der Waals surface area contributed by atoms with Crippen LogP contribution >= 0.6 is 11.6 Å². The molecule has 0 saturated carbocycles. The van der Waals surface area contributed by atoms with Crippen molar-refractivity contribution in [2.75, 3.05) is 28.6 Å². The second-order valence-corrected chi connectivity index (χ2v) is 7.24. The summed E-state index contributed by atoms with van der Waals surface area (Å²) >= 11 is 6.23. The molecule has 9 heteroatoms. The Morgan fingerprint density at radius 3 is 2.41 bits per heavy atom. The van der Waals surface area contributed by atoms with E-state index < -0.39 is 10.8 Å². The fraction of sp³-hybridized carbons (Fsp3) is 0.300. The third-order valence-corrected chi connectivity index (χ3v) is 4.98. The zero-order valence-electron chi connectivity index (χ0n) is 15.9. The van der Waals surface area contributed by atoms with Crippen molar-refractivity contribution in [2.24, 2.45) is 0 Å². The van der Waals surface area contributed by atoms with E-state index in [4.69, 9.17) is 11.6 Å². The number of rotatable bonds is 5.